The summed E-state index contributed by atoms with van der Waals surface area (Å²) in [6.07, 6.45) is 0.644. The molecule has 1 aliphatic heterocycles. The van der Waals surface area contributed by atoms with Crippen LogP contribution in [0, 0.1) is 5.92 Å². The molecule has 0 radical (unpaired) electrons. The molecule has 7 heteroatoms. The van der Waals surface area contributed by atoms with Gasteiger partial charge in [-0.15, -0.1) is 0 Å². The lowest BCUT2D eigenvalue weighted by Crippen LogP contribution is -2.35. The Morgan fingerprint density at radius 2 is 2.14 bits per heavy atom. The lowest BCUT2D eigenvalue weighted by atomic mass is 10.0. The first kappa shape index (κ1) is 17.1. The predicted molar refractivity (Wildman–Crippen MR) is 88.1 cm³/mol. The summed E-state index contributed by atoms with van der Waals surface area (Å²) in [5.74, 6) is 0.781. The Kier molecular flexibility index (Phi) is 5.69. The number of rotatable bonds is 6. The van der Waals surface area contributed by atoms with Crippen LogP contribution in [0.3, 0.4) is 0 Å². The summed E-state index contributed by atoms with van der Waals surface area (Å²) < 4.78 is 6.32. The van der Waals surface area contributed by atoms with Gasteiger partial charge in [-0.05, 0) is 46.5 Å². The standard InChI is InChI=1S/C15H18BrClN2O3/c1-9(2)7-12-14(20)19(15(21)18-12)5-6-22-13-4-3-10(17)8-11(13)16/h3-4,8-9,12H,5-7H2,1-2H3,(H,18,21). The average molecular weight is 390 g/mol. The van der Waals surface area contributed by atoms with Crippen LogP contribution in [-0.4, -0.2) is 36.0 Å². The summed E-state index contributed by atoms with van der Waals surface area (Å²) in [6.45, 7) is 4.48. The largest absolute Gasteiger partial charge is 0.491 e. The van der Waals surface area contributed by atoms with Crippen molar-refractivity contribution in [3.63, 3.8) is 0 Å². The third-order valence-corrected chi connectivity index (χ3v) is 4.14. The fraction of sp³-hybridized carbons (Fsp3) is 0.467. The van der Waals surface area contributed by atoms with E-state index in [9.17, 15) is 9.59 Å². The van der Waals surface area contributed by atoms with Gasteiger partial charge in [-0.2, -0.15) is 0 Å². The minimum atomic E-state index is -0.422. The molecular formula is C15H18BrClN2O3. The maximum absolute atomic E-state index is 12.2. The molecule has 1 N–H and O–H groups in total. The number of benzene rings is 1. The third kappa shape index (κ3) is 4.14. The Hall–Kier alpha value is -1.27. The Balaban J connectivity index is 1.89. The van der Waals surface area contributed by atoms with E-state index in [1.807, 2.05) is 13.8 Å². The highest BCUT2D eigenvalue weighted by Gasteiger charge is 2.37. The zero-order valence-corrected chi connectivity index (χ0v) is 14.8. The summed E-state index contributed by atoms with van der Waals surface area (Å²) in [6, 6.07) is 4.40. The molecule has 0 aliphatic carbocycles. The minimum Gasteiger partial charge on any atom is -0.491 e. The summed E-state index contributed by atoms with van der Waals surface area (Å²) in [5.41, 5.74) is 0. The van der Waals surface area contributed by atoms with Crippen molar-refractivity contribution >= 4 is 39.5 Å². The Morgan fingerprint density at radius 3 is 2.77 bits per heavy atom. The van der Waals surface area contributed by atoms with Gasteiger partial charge in [0.2, 0.25) is 0 Å². The predicted octanol–water partition coefficient (Wildman–Crippen LogP) is 3.45. The second-order valence-electron chi connectivity index (χ2n) is 5.54. The second kappa shape index (κ2) is 7.33. The van der Waals surface area contributed by atoms with Crippen molar-refractivity contribution < 1.29 is 14.3 Å². The molecule has 1 saturated heterocycles. The van der Waals surface area contributed by atoms with Crippen molar-refractivity contribution in [2.24, 2.45) is 5.92 Å². The summed E-state index contributed by atoms with van der Waals surface area (Å²) in [7, 11) is 0. The number of nitrogens with one attached hydrogen (secondary N) is 1. The molecule has 2 rings (SSSR count). The smallest absolute Gasteiger partial charge is 0.324 e. The maximum Gasteiger partial charge on any atom is 0.324 e. The van der Waals surface area contributed by atoms with Crippen molar-refractivity contribution in [1.29, 1.82) is 0 Å². The zero-order chi connectivity index (χ0) is 16.3. The van der Waals surface area contributed by atoms with Gasteiger partial charge in [0.25, 0.3) is 5.91 Å². The van der Waals surface area contributed by atoms with E-state index in [4.69, 9.17) is 16.3 Å². The van der Waals surface area contributed by atoms with Crippen LogP contribution in [0.5, 0.6) is 5.75 Å². The van der Waals surface area contributed by atoms with Crippen molar-refractivity contribution in [3.8, 4) is 5.75 Å². The van der Waals surface area contributed by atoms with Gasteiger partial charge < -0.3 is 10.1 Å². The number of carbonyl (C=O) groups is 2. The van der Waals surface area contributed by atoms with E-state index < -0.39 is 6.04 Å². The van der Waals surface area contributed by atoms with Crippen LogP contribution in [0.4, 0.5) is 4.79 Å². The number of carbonyl (C=O) groups excluding carboxylic acids is 2. The van der Waals surface area contributed by atoms with E-state index in [0.29, 0.717) is 23.1 Å². The van der Waals surface area contributed by atoms with Gasteiger partial charge in [0.15, 0.2) is 0 Å². The molecule has 22 heavy (non-hydrogen) atoms. The molecule has 1 aromatic carbocycles. The number of urea groups is 1. The van der Waals surface area contributed by atoms with E-state index in [1.54, 1.807) is 18.2 Å². The molecule has 0 aromatic heterocycles. The zero-order valence-electron chi connectivity index (χ0n) is 12.4. The number of amides is 3. The van der Waals surface area contributed by atoms with E-state index in [1.165, 1.54) is 4.90 Å². The Labute approximate surface area is 143 Å². The van der Waals surface area contributed by atoms with E-state index in [0.717, 1.165) is 4.47 Å². The van der Waals surface area contributed by atoms with Crippen molar-refractivity contribution in [2.75, 3.05) is 13.2 Å². The van der Waals surface area contributed by atoms with Gasteiger partial charge in [0.05, 0.1) is 11.0 Å². The number of nitrogens with zero attached hydrogens (tertiary/aromatic N) is 1. The first-order valence-corrected chi connectivity index (χ1v) is 8.25. The van der Waals surface area contributed by atoms with Crippen LogP contribution in [0.1, 0.15) is 20.3 Å². The molecular weight excluding hydrogens is 372 g/mol. The van der Waals surface area contributed by atoms with Crippen LogP contribution in [0.25, 0.3) is 0 Å². The molecule has 0 spiro atoms. The minimum absolute atomic E-state index is 0.183. The number of ether oxygens (including phenoxy) is 1. The van der Waals surface area contributed by atoms with Crippen LogP contribution < -0.4 is 10.1 Å². The fourth-order valence-corrected chi connectivity index (χ4v) is 3.06. The monoisotopic (exact) mass is 388 g/mol. The van der Waals surface area contributed by atoms with Gasteiger partial charge in [-0.25, -0.2) is 4.79 Å². The number of halogens is 2. The normalized spacial score (nSPS) is 18.0. The lowest BCUT2D eigenvalue weighted by molar-refractivity contribution is -0.128. The van der Waals surface area contributed by atoms with Crippen LogP contribution >= 0.6 is 27.5 Å². The molecule has 3 amide bonds. The van der Waals surface area contributed by atoms with Crippen LogP contribution in [-0.2, 0) is 4.79 Å². The highest BCUT2D eigenvalue weighted by atomic mass is 79.9. The first-order chi connectivity index (χ1) is 10.4. The highest BCUT2D eigenvalue weighted by molar-refractivity contribution is 9.10. The fourth-order valence-electron chi connectivity index (χ4n) is 2.26. The Morgan fingerprint density at radius 1 is 1.41 bits per heavy atom. The summed E-state index contributed by atoms with van der Waals surface area (Å²) >= 11 is 9.21. The molecule has 1 atom stereocenters. The topological polar surface area (TPSA) is 58.6 Å². The third-order valence-electron chi connectivity index (χ3n) is 3.28. The van der Waals surface area contributed by atoms with E-state index in [2.05, 4.69) is 21.2 Å². The van der Waals surface area contributed by atoms with Gasteiger partial charge in [0, 0.05) is 5.02 Å². The van der Waals surface area contributed by atoms with Gasteiger partial charge in [-0.1, -0.05) is 25.4 Å². The lowest BCUT2D eigenvalue weighted by Gasteiger charge is -2.15. The Bertz CT molecular complexity index is 580. The molecule has 1 aliphatic rings. The molecule has 1 aromatic rings. The molecule has 5 nitrogen and oxygen atoms in total. The van der Waals surface area contributed by atoms with Crippen molar-refractivity contribution in [1.82, 2.24) is 10.2 Å². The average Bonchev–Trinajstić information content (AvgIpc) is 2.67. The van der Waals surface area contributed by atoms with Crippen molar-refractivity contribution in [3.05, 3.63) is 27.7 Å². The quantitative estimate of drug-likeness (QED) is 0.758. The van der Waals surface area contributed by atoms with Crippen LogP contribution in [0.2, 0.25) is 5.02 Å². The molecule has 0 saturated carbocycles. The van der Waals surface area contributed by atoms with Crippen LogP contribution in [0.15, 0.2) is 22.7 Å². The molecule has 1 fully saturated rings. The number of hydrogen-bond donors (Lipinski definition) is 1. The van der Waals surface area contributed by atoms with E-state index >= 15 is 0 Å². The number of hydrogen-bond acceptors (Lipinski definition) is 3. The molecule has 120 valence electrons. The summed E-state index contributed by atoms with van der Waals surface area (Å²) in [5, 5.41) is 3.31. The summed E-state index contributed by atoms with van der Waals surface area (Å²) in [4.78, 5) is 25.2. The van der Waals surface area contributed by atoms with Gasteiger partial charge in [-0.3, -0.25) is 9.69 Å². The second-order valence-corrected chi connectivity index (χ2v) is 6.84. The van der Waals surface area contributed by atoms with Gasteiger partial charge >= 0.3 is 6.03 Å². The van der Waals surface area contributed by atoms with Gasteiger partial charge in [0.1, 0.15) is 18.4 Å². The molecule has 1 heterocycles. The molecule has 1 unspecified atom stereocenters. The van der Waals surface area contributed by atoms with E-state index in [-0.39, 0.29) is 25.1 Å². The van der Waals surface area contributed by atoms with Crippen molar-refractivity contribution in [2.45, 2.75) is 26.3 Å². The molecule has 0 bridgehead atoms. The SMILES string of the molecule is CC(C)CC1NC(=O)N(CCOc2ccc(Cl)cc2Br)C1=O. The number of imide groups is 1. The first-order valence-electron chi connectivity index (χ1n) is 7.08. The maximum atomic E-state index is 12.2. The highest BCUT2D eigenvalue weighted by Crippen LogP contribution is 2.28.